The van der Waals surface area contributed by atoms with Crippen LogP contribution in [0.1, 0.15) is 39.5 Å². The molecule has 1 aliphatic carbocycles. The summed E-state index contributed by atoms with van der Waals surface area (Å²) in [5.74, 6) is 2.15. The molecule has 0 spiro atoms. The first-order chi connectivity index (χ1) is 9.26. The highest BCUT2D eigenvalue weighted by Crippen LogP contribution is 2.34. The topological polar surface area (TPSA) is 64.3 Å². The van der Waals surface area contributed by atoms with Crippen LogP contribution in [0.3, 0.4) is 0 Å². The molecule has 0 bridgehead atoms. The average Bonchev–Trinajstić information content (AvgIpc) is 3.21. The van der Waals surface area contributed by atoms with E-state index in [0.717, 1.165) is 37.7 Å². The first-order valence-electron chi connectivity index (χ1n) is 7.24. The number of nitrogen functional groups attached to an aromatic ring is 1. The van der Waals surface area contributed by atoms with Crippen LogP contribution in [-0.2, 0) is 0 Å². The lowest BCUT2D eigenvalue weighted by atomic mass is 10.3. The fourth-order valence-electron chi connectivity index (χ4n) is 2.10. The highest BCUT2D eigenvalue weighted by atomic mass is 16.5. The second-order valence-electron chi connectivity index (χ2n) is 5.15. The van der Waals surface area contributed by atoms with Gasteiger partial charge in [0, 0.05) is 13.1 Å². The molecule has 0 saturated heterocycles. The van der Waals surface area contributed by atoms with Gasteiger partial charge in [0.2, 0.25) is 5.88 Å². The van der Waals surface area contributed by atoms with Crippen molar-refractivity contribution in [3.63, 3.8) is 0 Å². The van der Waals surface area contributed by atoms with Crippen LogP contribution in [0.15, 0.2) is 6.33 Å². The molecule has 1 aromatic heterocycles. The van der Waals surface area contributed by atoms with Crippen molar-refractivity contribution >= 4 is 11.5 Å². The minimum Gasteiger partial charge on any atom is -0.476 e. The van der Waals surface area contributed by atoms with E-state index in [1.807, 2.05) is 0 Å². The van der Waals surface area contributed by atoms with Crippen molar-refractivity contribution in [3.8, 4) is 5.88 Å². The lowest BCUT2D eigenvalue weighted by molar-refractivity contribution is 0.306. The third kappa shape index (κ3) is 3.72. The van der Waals surface area contributed by atoms with Crippen LogP contribution in [0, 0.1) is 5.92 Å². The lowest BCUT2D eigenvalue weighted by Crippen LogP contribution is -2.28. The zero-order chi connectivity index (χ0) is 13.7. The van der Waals surface area contributed by atoms with Crippen molar-refractivity contribution in [2.75, 3.05) is 30.3 Å². The molecule has 1 saturated carbocycles. The fraction of sp³-hybridized carbons (Fsp3) is 0.714. The number of nitrogens with zero attached hydrogens (tertiary/aromatic N) is 3. The van der Waals surface area contributed by atoms with Crippen LogP contribution < -0.4 is 15.4 Å². The molecule has 5 heteroatoms. The number of nitrogens with two attached hydrogens (primary N) is 1. The number of anilines is 2. The normalized spacial score (nSPS) is 14.4. The Morgan fingerprint density at radius 1 is 1.32 bits per heavy atom. The quantitative estimate of drug-likeness (QED) is 0.781. The summed E-state index contributed by atoms with van der Waals surface area (Å²) in [6.45, 7) is 6.89. The van der Waals surface area contributed by atoms with Crippen LogP contribution in [0.5, 0.6) is 5.88 Å². The third-order valence-corrected chi connectivity index (χ3v) is 3.24. The Bertz CT molecular complexity index is 406. The van der Waals surface area contributed by atoms with E-state index in [1.54, 1.807) is 6.33 Å². The Kier molecular flexibility index (Phi) is 4.82. The molecule has 1 fully saturated rings. The number of hydrogen-bond donors (Lipinski definition) is 1. The average molecular weight is 264 g/mol. The van der Waals surface area contributed by atoms with Gasteiger partial charge < -0.3 is 15.4 Å². The van der Waals surface area contributed by atoms with E-state index in [-0.39, 0.29) is 0 Å². The molecule has 2 N–H and O–H groups in total. The summed E-state index contributed by atoms with van der Waals surface area (Å²) in [5, 5.41) is 0. The minimum absolute atomic E-state index is 0.517. The van der Waals surface area contributed by atoms with Crippen LogP contribution in [0.25, 0.3) is 0 Å². The van der Waals surface area contributed by atoms with E-state index >= 15 is 0 Å². The van der Waals surface area contributed by atoms with Crippen LogP contribution >= 0.6 is 0 Å². The predicted octanol–water partition coefficient (Wildman–Crippen LogP) is 2.47. The van der Waals surface area contributed by atoms with Gasteiger partial charge >= 0.3 is 0 Å². The molecular formula is C14H24N4O. The summed E-state index contributed by atoms with van der Waals surface area (Å²) >= 11 is 0. The lowest BCUT2D eigenvalue weighted by Gasteiger charge is -2.24. The molecular weight excluding hydrogens is 240 g/mol. The zero-order valence-electron chi connectivity index (χ0n) is 11.9. The summed E-state index contributed by atoms with van der Waals surface area (Å²) in [4.78, 5) is 10.8. The van der Waals surface area contributed by atoms with Gasteiger partial charge in [0.05, 0.1) is 6.61 Å². The van der Waals surface area contributed by atoms with Crippen molar-refractivity contribution in [3.05, 3.63) is 6.33 Å². The second kappa shape index (κ2) is 6.59. The maximum atomic E-state index is 6.16. The Hall–Kier alpha value is -1.52. The van der Waals surface area contributed by atoms with Crippen LogP contribution in [-0.4, -0.2) is 29.7 Å². The smallest absolute Gasteiger partial charge is 0.242 e. The number of aromatic nitrogens is 2. The predicted molar refractivity (Wildman–Crippen MR) is 77.5 cm³/mol. The highest BCUT2D eigenvalue weighted by molar-refractivity contribution is 5.67. The third-order valence-electron chi connectivity index (χ3n) is 3.24. The van der Waals surface area contributed by atoms with E-state index in [0.29, 0.717) is 18.2 Å². The SMILES string of the molecule is CCCOc1ncnc(N(CCC)CC2CC2)c1N. The second-order valence-corrected chi connectivity index (χ2v) is 5.15. The van der Waals surface area contributed by atoms with E-state index in [9.17, 15) is 0 Å². The van der Waals surface area contributed by atoms with Gasteiger partial charge in [-0.15, -0.1) is 0 Å². The summed E-state index contributed by atoms with van der Waals surface area (Å²) < 4.78 is 5.57. The van der Waals surface area contributed by atoms with Crippen molar-refractivity contribution in [2.45, 2.75) is 39.5 Å². The van der Waals surface area contributed by atoms with Crippen molar-refractivity contribution in [2.24, 2.45) is 5.92 Å². The summed E-state index contributed by atoms with van der Waals surface area (Å²) in [5.41, 5.74) is 6.73. The largest absolute Gasteiger partial charge is 0.476 e. The van der Waals surface area contributed by atoms with Gasteiger partial charge in [-0.05, 0) is 31.6 Å². The van der Waals surface area contributed by atoms with Gasteiger partial charge in [-0.3, -0.25) is 0 Å². The summed E-state index contributed by atoms with van der Waals surface area (Å²) in [6, 6.07) is 0. The molecule has 5 nitrogen and oxygen atoms in total. The van der Waals surface area contributed by atoms with E-state index in [1.165, 1.54) is 12.8 Å². The Labute approximate surface area is 115 Å². The maximum Gasteiger partial charge on any atom is 0.242 e. The molecule has 0 amide bonds. The fourth-order valence-corrected chi connectivity index (χ4v) is 2.10. The molecule has 0 aromatic carbocycles. The van der Waals surface area contributed by atoms with Gasteiger partial charge in [0.25, 0.3) is 0 Å². The minimum atomic E-state index is 0.517. The number of hydrogen-bond acceptors (Lipinski definition) is 5. The molecule has 0 atom stereocenters. The van der Waals surface area contributed by atoms with Gasteiger partial charge in [0.1, 0.15) is 12.0 Å². The molecule has 1 heterocycles. The Morgan fingerprint density at radius 3 is 2.74 bits per heavy atom. The standard InChI is InChI=1S/C14H24N4O/c1-3-7-18(9-11-5-6-11)13-12(15)14(17-10-16-13)19-8-4-2/h10-11H,3-9,15H2,1-2H3. The molecule has 106 valence electrons. The van der Waals surface area contributed by atoms with Crippen LogP contribution in [0.4, 0.5) is 11.5 Å². The summed E-state index contributed by atoms with van der Waals surface area (Å²) in [6.07, 6.45) is 6.22. The summed E-state index contributed by atoms with van der Waals surface area (Å²) in [7, 11) is 0. The monoisotopic (exact) mass is 264 g/mol. The van der Waals surface area contributed by atoms with Gasteiger partial charge in [-0.1, -0.05) is 13.8 Å². The molecule has 19 heavy (non-hydrogen) atoms. The van der Waals surface area contributed by atoms with Gasteiger partial charge in [0.15, 0.2) is 5.82 Å². The molecule has 1 aliphatic rings. The van der Waals surface area contributed by atoms with E-state index in [2.05, 4.69) is 28.7 Å². The van der Waals surface area contributed by atoms with Gasteiger partial charge in [-0.25, -0.2) is 4.98 Å². The van der Waals surface area contributed by atoms with Crippen molar-refractivity contribution in [1.29, 1.82) is 0 Å². The van der Waals surface area contributed by atoms with Crippen LogP contribution in [0.2, 0.25) is 0 Å². The Morgan fingerprint density at radius 2 is 2.11 bits per heavy atom. The van der Waals surface area contributed by atoms with E-state index in [4.69, 9.17) is 10.5 Å². The molecule has 0 unspecified atom stereocenters. The Balaban J connectivity index is 2.14. The molecule has 0 aliphatic heterocycles. The van der Waals surface area contributed by atoms with E-state index < -0.39 is 0 Å². The molecule has 1 aromatic rings. The number of ether oxygens (including phenoxy) is 1. The van der Waals surface area contributed by atoms with Gasteiger partial charge in [-0.2, -0.15) is 4.98 Å². The maximum absolute atomic E-state index is 6.16. The van der Waals surface area contributed by atoms with Crippen molar-refractivity contribution < 1.29 is 4.74 Å². The van der Waals surface area contributed by atoms with Crippen molar-refractivity contribution in [1.82, 2.24) is 9.97 Å². The number of rotatable bonds is 8. The molecule has 2 rings (SSSR count). The first kappa shape index (κ1) is 13.9. The molecule has 0 radical (unpaired) electrons. The first-order valence-corrected chi connectivity index (χ1v) is 7.24. The highest BCUT2D eigenvalue weighted by Gasteiger charge is 2.26. The zero-order valence-corrected chi connectivity index (χ0v) is 11.9.